The molecule has 2 aromatic carbocycles. The zero-order chi connectivity index (χ0) is 21.9. The van der Waals surface area contributed by atoms with Crippen molar-refractivity contribution in [2.75, 3.05) is 25.1 Å². The molecule has 7 heteroatoms. The molecule has 0 aliphatic carbocycles. The second-order valence-corrected chi connectivity index (χ2v) is 6.47. The number of nitriles is 1. The Balaban J connectivity index is 1.95. The van der Waals surface area contributed by atoms with Gasteiger partial charge in [0.15, 0.2) is 11.5 Å². The lowest BCUT2D eigenvalue weighted by Gasteiger charge is -2.12. The van der Waals surface area contributed by atoms with Gasteiger partial charge in [-0.15, -0.1) is 0 Å². The molecule has 2 rings (SSSR count). The summed E-state index contributed by atoms with van der Waals surface area (Å²) in [7, 11) is 0. The van der Waals surface area contributed by atoms with E-state index in [9.17, 15) is 15.2 Å². The minimum atomic E-state index is -0.515. The van der Waals surface area contributed by atoms with Gasteiger partial charge in [-0.1, -0.05) is 6.07 Å². The van der Waals surface area contributed by atoms with Crippen LogP contribution in [-0.4, -0.2) is 30.8 Å². The summed E-state index contributed by atoms with van der Waals surface area (Å²) < 4.78 is 11.2. The Morgan fingerprint density at radius 1 is 1.13 bits per heavy atom. The lowest BCUT2D eigenvalue weighted by atomic mass is 10.1. The van der Waals surface area contributed by atoms with Crippen LogP contribution in [0.5, 0.6) is 17.2 Å². The molecule has 0 atom stereocenters. The molecule has 0 saturated carbocycles. The van der Waals surface area contributed by atoms with E-state index in [0.717, 1.165) is 5.56 Å². The van der Waals surface area contributed by atoms with Crippen molar-refractivity contribution in [1.82, 2.24) is 5.32 Å². The first-order chi connectivity index (χ1) is 14.5. The van der Waals surface area contributed by atoms with Crippen LogP contribution >= 0.6 is 0 Å². The molecule has 7 nitrogen and oxygen atoms in total. The van der Waals surface area contributed by atoms with Gasteiger partial charge in [0.05, 0.1) is 13.2 Å². The van der Waals surface area contributed by atoms with E-state index >= 15 is 0 Å². The predicted octanol–water partition coefficient (Wildman–Crippen LogP) is 3.68. The van der Waals surface area contributed by atoms with Crippen molar-refractivity contribution < 1.29 is 19.4 Å². The van der Waals surface area contributed by atoms with E-state index in [4.69, 9.17) is 9.47 Å². The minimum absolute atomic E-state index is 0.0378. The molecule has 0 unspecified atom stereocenters. The second-order valence-electron chi connectivity index (χ2n) is 6.47. The molecule has 0 aliphatic rings. The van der Waals surface area contributed by atoms with Crippen molar-refractivity contribution in [2.24, 2.45) is 0 Å². The number of carbonyl (C=O) groups excluding carboxylic acids is 1. The maximum atomic E-state index is 12.3. The van der Waals surface area contributed by atoms with Crippen LogP contribution in [0.3, 0.4) is 0 Å². The number of nitrogens with zero attached hydrogens (tertiary/aromatic N) is 1. The van der Waals surface area contributed by atoms with Crippen molar-refractivity contribution in [3.8, 4) is 23.3 Å². The zero-order valence-electron chi connectivity index (χ0n) is 17.5. The largest absolute Gasteiger partial charge is 0.508 e. The number of hydrogen-bond donors (Lipinski definition) is 3. The van der Waals surface area contributed by atoms with Gasteiger partial charge in [0.25, 0.3) is 5.91 Å². The molecule has 3 N–H and O–H groups in total. The number of nitrogens with one attached hydrogen (secondary N) is 2. The Bertz CT molecular complexity index is 948. The fourth-order valence-electron chi connectivity index (χ4n) is 2.77. The number of aryl methyl sites for hydroxylation is 1. The van der Waals surface area contributed by atoms with Crippen molar-refractivity contribution in [2.45, 2.75) is 27.2 Å². The molecule has 0 fully saturated rings. The number of hydrogen-bond acceptors (Lipinski definition) is 6. The van der Waals surface area contributed by atoms with Gasteiger partial charge in [0, 0.05) is 18.4 Å². The molecule has 158 valence electrons. The number of anilines is 1. The highest BCUT2D eigenvalue weighted by Gasteiger charge is 2.11. The Hall–Kier alpha value is -3.66. The lowest BCUT2D eigenvalue weighted by molar-refractivity contribution is -0.112. The van der Waals surface area contributed by atoms with Crippen molar-refractivity contribution in [3.63, 3.8) is 0 Å². The summed E-state index contributed by atoms with van der Waals surface area (Å²) in [4.78, 5) is 12.3. The first-order valence-electron chi connectivity index (χ1n) is 9.81. The normalized spacial score (nSPS) is 10.8. The molecule has 0 bridgehead atoms. The Labute approximate surface area is 176 Å². The fraction of sp³-hybridized carbons (Fsp3) is 0.304. The van der Waals surface area contributed by atoms with Crippen LogP contribution in [0.4, 0.5) is 5.69 Å². The topological polar surface area (TPSA) is 104 Å². The predicted molar refractivity (Wildman–Crippen MR) is 116 cm³/mol. The highest BCUT2D eigenvalue weighted by atomic mass is 16.5. The van der Waals surface area contributed by atoms with Crippen LogP contribution in [0.1, 0.15) is 25.0 Å². The van der Waals surface area contributed by atoms with Gasteiger partial charge < -0.3 is 25.2 Å². The maximum Gasteiger partial charge on any atom is 0.267 e. The molecule has 0 radical (unpaired) electrons. The Morgan fingerprint density at radius 2 is 1.87 bits per heavy atom. The molecular formula is C23H27N3O4. The molecule has 0 heterocycles. The molecule has 2 aromatic rings. The van der Waals surface area contributed by atoms with Crippen LogP contribution in [0.25, 0.3) is 0 Å². The number of phenols is 1. The van der Waals surface area contributed by atoms with Crippen LogP contribution in [-0.2, 0) is 11.2 Å². The van der Waals surface area contributed by atoms with Gasteiger partial charge >= 0.3 is 0 Å². The van der Waals surface area contributed by atoms with E-state index in [1.54, 1.807) is 13.0 Å². The molecular weight excluding hydrogens is 382 g/mol. The van der Waals surface area contributed by atoms with Crippen LogP contribution in [0.15, 0.2) is 48.2 Å². The van der Waals surface area contributed by atoms with Crippen molar-refractivity contribution in [3.05, 3.63) is 59.3 Å². The highest BCUT2D eigenvalue weighted by molar-refractivity contribution is 6.06. The van der Waals surface area contributed by atoms with E-state index in [2.05, 4.69) is 10.6 Å². The molecule has 1 amide bonds. The van der Waals surface area contributed by atoms with E-state index in [-0.39, 0.29) is 11.3 Å². The van der Waals surface area contributed by atoms with Gasteiger partial charge in [0.1, 0.15) is 17.4 Å². The van der Waals surface area contributed by atoms with Crippen LogP contribution < -0.4 is 20.1 Å². The first kappa shape index (κ1) is 22.6. The van der Waals surface area contributed by atoms with Gasteiger partial charge in [0.2, 0.25) is 0 Å². The third-order valence-corrected chi connectivity index (χ3v) is 4.24. The number of phenolic OH excluding ortho intramolecular Hbond substituents is 1. The van der Waals surface area contributed by atoms with E-state index in [0.29, 0.717) is 48.9 Å². The lowest BCUT2D eigenvalue weighted by Crippen LogP contribution is -2.18. The molecule has 0 aromatic heterocycles. The summed E-state index contributed by atoms with van der Waals surface area (Å²) in [5, 5.41) is 24.4. The van der Waals surface area contributed by atoms with Gasteiger partial charge in [-0.25, -0.2) is 0 Å². The summed E-state index contributed by atoms with van der Waals surface area (Å²) in [5.74, 6) is 1.01. The summed E-state index contributed by atoms with van der Waals surface area (Å²) in [5.41, 5.74) is 2.25. The summed E-state index contributed by atoms with van der Waals surface area (Å²) in [6.45, 7) is 7.25. The fourth-order valence-corrected chi connectivity index (χ4v) is 2.77. The number of benzene rings is 2. The number of carbonyl (C=O) groups is 1. The first-order valence-corrected chi connectivity index (χ1v) is 9.81. The molecule has 0 aliphatic heterocycles. The standard InChI is InChI=1S/C23H27N3O4/c1-4-29-21-9-6-17(13-22(21)30-5-2)10-11-25-15-18(14-24)23(28)26-20-8-7-19(27)12-16(20)3/h6-9,12-13,15,25,27H,4-5,10-11H2,1-3H3,(H,26,28)/b18-15-. The van der Waals surface area contributed by atoms with Gasteiger partial charge in [-0.3, -0.25) is 4.79 Å². The van der Waals surface area contributed by atoms with Crippen molar-refractivity contribution in [1.29, 1.82) is 5.26 Å². The summed E-state index contributed by atoms with van der Waals surface area (Å²) in [6, 6.07) is 12.3. The van der Waals surface area contributed by atoms with Gasteiger partial charge in [-0.05, 0) is 68.7 Å². The Morgan fingerprint density at radius 3 is 2.53 bits per heavy atom. The number of rotatable bonds is 10. The molecule has 30 heavy (non-hydrogen) atoms. The molecule has 0 saturated heterocycles. The van der Waals surface area contributed by atoms with Crippen LogP contribution in [0, 0.1) is 18.3 Å². The number of amides is 1. The number of aromatic hydroxyl groups is 1. The number of ether oxygens (including phenoxy) is 2. The van der Waals surface area contributed by atoms with Crippen LogP contribution in [0.2, 0.25) is 0 Å². The quantitative estimate of drug-likeness (QED) is 0.239. The molecule has 0 spiro atoms. The average molecular weight is 409 g/mol. The summed E-state index contributed by atoms with van der Waals surface area (Å²) in [6.07, 6.45) is 2.09. The van der Waals surface area contributed by atoms with E-state index in [1.165, 1.54) is 18.3 Å². The second kappa shape index (κ2) is 11.4. The van der Waals surface area contributed by atoms with Crippen molar-refractivity contribution >= 4 is 11.6 Å². The monoisotopic (exact) mass is 409 g/mol. The maximum absolute atomic E-state index is 12.3. The zero-order valence-corrected chi connectivity index (χ0v) is 17.5. The third-order valence-electron chi connectivity index (χ3n) is 4.24. The highest BCUT2D eigenvalue weighted by Crippen LogP contribution is 2.28. The minimum Gasteiger partial charge on any atom is -0.508 e. The van der Waals surface area contributed by atoms with E-state index < -0.39 is 5.91 Å². The average Bonchev–Trinajstić information content (AvgIpc) is 2.72. The summed E-state index contributed by atoms with van der Waals surface area (Å²) >= 11 is 0. The third kappa shape index (κ3) is 6.45. The SMILES string of the molecule is CCOc1ccc(CCN/C=C(/C#N)C(=O)Nc2ccc(O)cc2C)cc1OCC. The van der Waals surface area contributed by atoms with E-state index in [1.807, 2.05) is 38.1 Å². The smallest absolute Gasteiger partial charge is 0.267 e. The van der Waals surface area contributed by atoms with Gasteiger partial charge in [-0.2, -0.15) is 5.26 Å². The Kier molecular flexibility index (Phi) is 8.57.